The Morgan fingerprint density at radius 2 is 1.80 bits per heavy atom. The number of nitrogens with zero attached hydrogens (tertiary/aromatic N) is 1. The van der Waals surface area contributed by atoms with E-state index in [1.807, 2.05) is 13.0 Å². The number of aromatic nitrogens is 1. The maximum atomic E-state index is 13.2. The molecule has 0 saturated carbocycles. The van der Waals surface area contributed by atoms with E-state index in [-0.39, 0.29) is 5.95 Å². The Morgan fingerprint density at radius 1 is 1.20 bits per heavy atom. The number of hydrogen-bond donors (Lipinski definition) is 0. The molecule has 0 aliphatic heterocycles. The van der Waals surface area contributed by atoms with E-state index in [9.17, 15) is 4.39 Å². The summed E-state index contributed by atoms with van der Waals surface area (Å²) in [5.74, 6) is 0.0802. The number of hydrogen-bond acceptors (Lipinski definition) is 1. The summed E-state index contributed by atoms with van der Waals surface area (Å²) in [4.78, 5) is 4.00. The van der Waals surface area contributed by atoms with Gasteiger partial charge < -0.3 is 0 Å². The predicted octanol–water partition coefficient (Wildman–Crippen LogP) is 4.21. The Hall–Kier alpha value is -0.920. The molecule has 1 nitrogen and oxygen atoms in total. The summed E-state index contributed by atoms with van der Waals surface area (Å²) in [6.07, 6.45) is 4.46. The average Bonchev–Trinajstić information content (AvgIpc) is 2.16. The van der Waals surface area contributed by atoms with Crippen molar-refractivity contribution in [2.24, 2.45) is 0 Å². The van der Waals surface area contributed by atoms with Crippen molar-refractivity contribution in [1.82, 2.24) is 4.98 Å². The normalized spacial score (nSPS) is 11.0. The van der Waals surface area contributed by atoms with Crippen LogP contribution in [-0.4, -0.2) is 4.98 Å². The van der Waals surface area contributed by atoms with Crippen LogP contribution in [0, 0.1) is 12.9 Å². The van der Waals surface area contributed by atoms with Crippen LogP contribution in [0.1, 0.15) is 56.7 Å². The number of pyridine rings is 1. The van der Waals surface area contributed by atoms with Crippen LogP contribution in [0.2, 0.25) is 0 Å². The SMILES string of the molecule is CCCC(CCC)c1cc(C)cc(F)n1. The maximum Gasteiger partial charge on any atom is 0.213 e. The molecule has 15 heavy (non-hydrogen) atoms. The number of aryl methyl sites for hydroxylation is 1. The standard InChI is InChI=1S/C13H20FN/c1-4-6-11(7-5-2)12-8-10(3)9-13(14)15-12/h8-9,11H,4-7H2,1-3H3. The van der Waals surface area contributed by atoms with Gasteiger partial charge in [-0.2, -0.15) is 4.39 Å². The molecule has 1 heterocycles. The highest BCUT2D eigenvalue weighted by Gasteiger charge is 2.12. The molecule has 0 spiro atoms. The molecule has 1 aromatic rings. The number of halogens is 1. The van der Waals surface area contributed by atoms with Crippen molar-refractivity contribution in [2.45, 2.75) is 52.4 Å². The quantitative estimate of drug-likeness (QED) is 0.662. The lowest BCUT2D eigenvalue weighted by Gasteiger charge is -2.15. The van der Waals surface area contributed by atoms with Crippen LogP contribution < -0.4 is 0 Å². The third-order valence-electron chi connectivity index (χ3n) is 2.65. The topological polar surface area (TPSA) is 12.9 Å². The van der Waals surface area contributed by atoms with E-state index in [2.05, 4.69) is 18.8 Å². The van der Waals surface area contributed by atoms with Gasteiger partial charge in [-0.3, -0.25) is 0 Å². The van der Waals surface area contributed by atoms with Crippen LogP contribution in [-0.2, 0) is 0 Å². The largest absolute Gasteiger partial charge is 0.225 e. The molecule has 0 amide bonds. The second-order valence-corrected chi connectivity index (χ2v) is 4.17. The fourth-order valence-electron chi connectivity index (χ4n) is 2.00. The van der Waals surface area contributed by atoms with Gasteiger partial charge in [0.15, 0.2) is 0 Å². The highest BCUT2D eigenvalue weighted by atomic mass is 19.1. The van der Waals surface area contributed by atoms with Gasteiger partial charge in [0, 0.05) is 11.6 Å². The molecule has 0 atom stereocenters. The molecule has 1 aromatic heterocycles. The minimum Gasteiger partial charge on any atom is -0.225 e. The van der Waals surface area contributed by atoms with Gasteiger partial charge in [-0.05, 0) is 37.5 Å². The molecule has 0 aliphatic rings. The molecule has 84 valence electrons. The second-order valence-electron chi connectivity index (χ2n) is 4.17. The molecule has 2 heteroatoms. The molecular weight excluding hydrogens is 189 g/mol. The zero-order valence-electron chi connectivity index (χ0n) is 9.89. The van der Waals surface area contributed by atoms with Crippen molar-refractivity contribution in [2.75, 3.05) is 0 Å². The molecule has 1 rings (SSSR count). The van der Waals surface area contributed by atoms with Gasteiger partial charge in [-0.1, -0.05) is 26.7 Å². The molecule has 0 saturated heterocycles. The van der Waals surface area contributed by atoms with Crippen molar-refractivity contribution in [3.05, 3.63) is 29.3 Å². The fourth-order valence-corrected chi connectivity index (χ4v) is 2.00. The average molecular weight is 209 g/mol. The van der Waals surface area contributed by atoms with Crippen LogP contribution in [0.5, 0.6) is 0 Å². The fraction of sp³-hybridized carbons (Fsp3) is 0.615. The summed E-state index contributed by atoms with van der Waals surface area (Å²) in [7, 11) is 0. The van der Waals surface area contributed by atoms with Gasteiger partial charge in [-0.25, -0.2) is 4.98 Å². The zero-order chi connectivity index (χ0) is 11.3. The minimum atomic E-state index is -0.345. The van der Waals surface area contributed by atoms with Crippen LogP contribution in [0.4, 0.5) is 4.39 Å². The third-order valence-corrected chi connectivity index (χ3v) is 2.65. The van der Waals surface area contributed by atoms with Gasteiger partial charge in [-0.15, -0.1) is 0 Å². The Bertz CT molecular complexity index is 283. The summed E-state index contributed by atoms with van der Waals surface area (Å²) in [5.41, 5.74) is 1.89. The summed E-state index contributed by atoms with van der Waals surface area (Å²) < 4.78 is 13.2. The van der Waals surface area contributed by atoms with Crippen LogP contribution in [0.3, 0.4) is 0 Å². The Balaban J connectivity index is 2.88. The second kappa shape index (κ2) is 5.84. The molecule has 0 aliphatic carbocycles. The first-order chi connectivity index (χ1) is 7.17. The van der Waals surface area contributed by atoms with Crippen LogP contribution in [0.15, 0.2) is 12.1 Å². The smallest absolute Gasteiger partial charge is 0.213 e. The van der Waals surface area contributed by atoms with Gasteiger partial charge in [0.25, 0.3) is 0 Å². The Labute approximate surface area is 91.7 Å². The molecule has 0 radical (unpaired) electrons. The monoisotopic (exact) mass is 209 g/mol. The van der Waals surface area contributed by atoms with Crippen molar-refractivity contribution in [1.29, 1.82) is 0 Å². The van der Waals surface area contributed by atoms with Crippen LogP contribution in [0.25, 0.3) is 0 Å². The molecular formula is C13H20FN. The van der Waals surface area contributed by atoms with E-state index in [1.54, 1.807) is 0 Å². The number of rotatable bonds is 5. The van der Waals surface area contributed by atoms with E-state index in [0.29, 0.717) is 5.92 Å². The predicted molar refractivity (Wildman–Crippen MR) is 61.5 cm³/mol. The first kappa shape index (κ1) is 12.2. The highest BCUT2D eigenvalue weighted by Crippen LogP contribution is 2.25. The zero-order valence-corrected chi connectivity index (χ0v) is 9.89. The van der Waals surface area contributed by atoms with Crippen molar-refractivity contribution >= 4 is 0 Å². The molecule has 0 fully saturated rings. The third kappa shape index (κ3) is 3.61. The van der Waals surface area contributed by atoms with Crippen molar-refractivity contribution in [3.63, 3.8) is 0 Å². The Morgan fingerprint density at radius 3 is 2.27 bits per heavy atom. The van der Waals surface area contributed by atoms with E-state index < -0.39 is 0 Å². The first-order valence-electron chi connectivity index (χ1n) is 5.81. The van der Waals surface area contributed by atoms with Crippen LogP contribution >= 0.6 is 0 Å². The van der Waals surface area contributed by atoms with Crippen molar-refractivity contribution < 1.29 is 4.39 Å². The summed E-state index contributed by atoms with van der Waals surface area (Å²) in [5, 5.41) is 0. The van der Waals surface area contributed by atoms with E-state index in [4.69, 9.17) is 0 Å². The van der Waals surface area contributed by atoms with E-state index in [0.717, 1.165) is 36.9 Å². The van der Waals surface area contributed by atoms with Gasteiger partial charge >= 0.3 is 0 Å². The summed E-state index contributed by atoms with van der Waals surface area (Å²) in [6.45, 7) is 6.24. The Kier molecular flexibility index (Phi) is 4.73. The summed E-state index contributed by atoms with van der Waals surface area (Å²) >= 11 is 0. The lowest BCUT2D eigenvalue weighted by Crippen LogP contribution is -2.03. The molecule has 0 aromatic carbocycles. The highest BCUT2D eigenvalue weighted by molar-refractivity contribution is 5.18. The minimum absolute atomic E-state index is 0.345. The van der Waals surface area contributed by atoms with Crippen molar-refractivity contribution in [3.8, 4) is 0 Å². The molecule has 0 bridgehead atoms. The first-order valence-corrected chi connectivity index (χ1v) is 5.81. The molecule has 0 unspecified atom stereocenters. The lowest BCUT2D eigenvalue weighted by molar-refractivity contribution is 0.519. The van der Waals surface area contributed by atoms with Gasteiger partial charge in [0.05, 0.1) is 0 Å². The van der Waals surface area contributed by atoms with E-state index in [1.165, 1.54) is 6.07 Å². The maximum absolute atomic E-state index is 13.2. The lowest BCUT2D eigenvalue weighted by atomic mass is 9.93. The molecule has 0 N–H and O–H groups in total. The van der Waals surface area contributed by atoms with Gasteiger partial charge in [0.1, 0.15) is 0 Å². The summed E-state index contributed by atoms with van der Waals surface area (Å²) in [6, 6.07) is 3.50. The van der Waals surface area contributed by atoms with Gasteiger partial charge in [0.2, 0.25) is 5.95 Å². The van der Waals surface area contributed by atoms with E-state index >= 15 is 0 Å².